The van der Waals surface area contributed by atoms with Crippen LogP contribution in [0.25, 0.3) is 277 Å². The minimum atomic E-state index is 0.908. The number of aromatic nitrogens is 3. The van der Waals surface area contributed by atoms with E-state index in [-0.39, 0.29) is 0 Å². The van der Waals surface area contributed by atoms with E-state index >= 15 is 0 Å². The lowest BCUT2D eigenvalue weighted by Gasteiger charge is -2.09. The molecule has 660 valence electrons. The normalized spacial score (nSPS) is 11.8. The highest BCUT2D eigenvalue weighted by molar-refractivity contribution is 7.27. The van der Waals surface area contributed by atoms with Crippen LogP contribution in [0.2, 0.25) is 0 Å². The zero-order chi connectivity index (χ0) is 92.7. The summed E-state index contributed by atoms with van der Waals surface area (Å²) in [6.45, 7) is 0. The van der Waals surface area contributed by atoms with Crippen molar-refractivity contribution in [1.29, 1.82) is 0 Å². The molecule has 30 aromatic rings. The van der Waals surface area contributed by atoms with Gasteiger partial charge in [0.1, 0.15) is 33.5 Å². The highest BCUT2D eigenvalue weighted by atomic mass is 32.1. The number of furan rings is 3. The average molecular weight is 1850 g/mol. The smallest absolute Gasteiger partial charge is 0.143 e. The Bertz CT molecular complexity index is 10100. The van der Waals surface area contributed by atoms with Gasteiger partial charge in [-0.2, -0.15) is 0 Å². The number of para-hydroxylation sites is 8. The van der Waals surface area contributed by atoms with Gasteiger partial charge in [0.15, 0.2) is 0 Å². The van der Waals surface area contributed by atoms with Crippen molar-refractivity contribution in [3.05, 3.63) is 491 Å². The maximum absolute atomic E-state index is 6.52. The van der Waals surface area contributed by atoms with Gasteiger partial charge < -0.3 is 27.0 Å². The predicted molar refractivity (Wildman–Crippen MR) is 599 cm³/mol. The van der Waals surface area contributed by atoms with E-state index in [1.54, 1.807) is 0 Å². The number of fused-ring (bicyclic) bond motifs is 24. The average Bonchev–Trinajstić information content (AvgIpc) is 1.56. The highest BCUT2D eigenvalue weighted by Crippen LogP contribution is 2.51. The molecule has 0 aliphatic rings. The van der Waals surface area contributed by atoms with Crippen molar-refractivity contribution < 1.29 is 13.3 Å². The fourth-order valence-electron chi connectivity index (χ4n) is 21.6. The van der Waals surface area contributed by atoms with Gasteiger partial charge in [-0.15, -0.1) is 34.0 Å². The number of thiophene rings is 3. The molecular formula is C132H81N3O3S3. The molecule has 0 amide bonds. The molecule has 9 heteroatoms. The summed E-state index contributed by atoms with van der Waals surface area (Å²) in [4.78, 5) is 0. The molecule has 0 bridgehead atoms. The van der Waals surface area contributed by atoms with Gasteiger partial charge in [0, 0.05) is 107 Å². The third kappa shape index (κ3) is 13.9. The highest BCUT2D eigenvalue weighted by Gasteiger charge is 2.26. The molecule has 21 aromatic carbocycles. The van der Waals surface area contributed by atoms with Gasteiger partial charge in [0.2, 0.25) is 0 Å². The summed E-state index contributed by atoms with van der Waals surface area (Å²) in [7, 11) is 0. The molecule has 9 aromatic heterocycles. The standard InChI is InChI=1S/3C44H27NOS/c1-3-11-29(12-4-1)34-17-9-18-36-41-33(16-10-20-39(41)46-43(34)36)30-23-21-28(22-24-30)31-25-26-40-37(27-31)42-44(47-40)35-15-7-8-19-38(35)45(42)32-13-5-2-6-14-32;1-3-10-28(11-4-1)31-22-24-40-37(26-31)35-16-9-15-34(43(35)46-40)30-20-18-29(19-21-30)32-23-25-41-38(27-32)42-44(47-41)36-14-7-8-17-39(36)45(42)33-12-5-2-6-13-33;1-3-9-28(10-4-1)32-19-22-35-36-23-20-33(27-41(36)46-40(35)26-32)30-17-15-29(16-18-30)31-21-24-42-38(25-31)43-44(47-42)37-13-7-8-14-39(37)45(43)34-11-5-2-6-12-34/h3*1-27H. The Morgan fingerprint density at radius 3 is 0.858 bits per heavy atom. The molecule has 9 heterocycles. The van der Waals surface area contributed by atoms with Crippen LogP contribution >= 0.6 is 34.0 Å². The summed E-state index contributed by atoms with van der Waals surface area (Å²) in [5.41, 5.74) is 37.8. The Balaban J connectivity index is 0.000000104. The molecule has 0 N–H and O–H groups in total. The van der Waals surface area contributed by atoms with Crippen LogP contribution in [0.5, 0.6) is 0 Å². The Hall–Kier alpha value is -17.7. The fourth-order valence-corrected chi connectivity index (χ4v) is 25.2. The van der Waals surface area contributed by atoms with Crippen LogP contribution in [-0.2, 0) is 0 Å². The van der Waals surface area contributed by atoms with Crippen molar-refractivity contribution in [1.82, 2.24) is 13.7 Å². The first-order valence-corrected chi connectivity index (χ1v) is 50.2. The SMILES string of the molecule is c1ccc(-c2ccc3c(c2)oc2cc(-c4ccc(-c5ccc6sc7c8ccccc8n(-c8ccccc8)c7c6c5)cc4)ccc23)cc1.c1ccc(-c2ccc3oc4c(-c5ccc(-c6ccc7sc8c9ccccc9n(-c9ccccc9)c8c7c6)cc5)cccc4c3c2)cc1.c1ccc(-c2cccc3c2oc2cccc(-c4ccc(-c5ccc6sc7c8ccccc8n(-c8ccccc8)c7c6c5)cc4)c23)cc1. The van der Waals surface area contributed by atoms with Gasteiger partial charge in [0.05, 0.1) is 47.2 Å². The number of hydrogen-bond acceptors (Lipinski definition) is 6. The molecule has 6 nitrogen and oxygen atoms in total. The minimum absolute atomic E-state index is 0.908. The molecule has 141 heavy (non-hydrogen) atoms. The molecular weight excluding hydrogens is 1770 g/mol. The summed E-state index contributed by atoms with van der Waals surface area (Å²) in [6, 6.07) is 176. The second kappa shape index (κ2) is 33.6. The topological polar surface area (TPSA) is 54.2 Å². The van der Waals surface area contributed by atoms with Gasteiger partial charge in [-0.05, 0) is 222 Å². The number of hydrogen-bond donors (Lipinski definition) is 0. The van der Waals surface area contributed by atoms with Gasteiger partial charge in [-0.3, -0.25) is 0 Å². The molecule has 0 radical (unpaired) electrons. The predicted octanol–water partition coefficient (Wildman–Crippen LogP) is 38.7. The first kappa shape index (κ1) is 81.6. The minimum Gasteiger partial charge on any atom is -0.456 e. The number of nitrogens with zero attached hydrogens (tertiary/aromatic N) is 3. The summed E-state index contributed by atoms with van der Waals surface area (Å²) in [5, 5.41) is 14.6. The van der Waals surface area contributed by atoms with E-state index in [1.165, 1.54) is 177 Å². The van der Waals surface area contributed by atoms with Crippen LogP contribution in [0.15, 0.2) is 505 Å². The molecule has 0 unspecified atom stereocenters. The van der Waals surface area contributed by atoms with Crippen molar-refractivity contribution in [2.75, 3.05) is 0 Å². The third-order valence-corrected chi connectivity index (χ3v) is 31.8. The van der Waals surface area contributed by atoms with Crippen molar-refractivity contribution in [3.63, 3.8) is 0 Å². The molecule has 0 saturated heterocycles. The molecule has 0 saturated carbocycles. The van der Waals surface area contributed by atoms with E-state index < -0.39 is 0 Å². The number of rotatable bonds is 12. The molecule has 0 fully saturated rings. The Labute approximate surface area is 822 Å². The van der Waals surface area contributed by atoms with E-state index in [0.717, 1.165) is 99.2 Å². The molecule has 0 spiro atoms. The van der Waals surface area contributed by atoms with Crippen molar-refractivity contribution in [3.8, 4) is 117 Å². The van der Waals surface area contributed by atoms with Crippen molar-refractivity contribution in [2.24, 2.45) is 0 Å². The first-order valence-electron chi connectivity index (χ1n) is 47.8. The van der Waals surface area contributed by atoms with Crippen LogP contribution in [0.1, 0.15) is 0 Å². The summed E-state index contributed by atoms with van der Waals surface area (Å²) in [6.07, 6.45) is 0. The summed E-state index contributed by atoms with van der Waals surface area (Å²) >= 11 is 5.65. The lowest BCUT2D eigenvalue weighted by Crippen LogP contribution is -1.92. The van der Waals surface area contributed by atoms with Crippen LogP contribution in [-0.4, -0.2) is 13.7 Å². The quantitative estimate of drug-likeness (QED) is 0.122. The molecule has 0 atom stereocenters. The molecule has 0 aliphatic carbocycles. The first-order chi connectivity index (χ1) is 69.9. The zero-order valence-corrected chi connectivity index (χ0v) is 78.5. The van der Waals surface area contributed by atoms with Crippen LogP contribution in [0, 0.1) is 0 Å². The molecule has 0 aliphatic heterocycles. The van der Waals surface area contributed by atoms with E-state index in [9.17, 15) is 0 Å². The Morgan fingerprint density at radius 1 is 0.156 bits per heavy atom. The van der Waals surface area contributed by atoms with E-state index in [1.807, 2.05) is 46.1 Å². The summed E-state index contributed by atoms with van der Waals surface area (Å²) < 4.78 is 34.6. The summed E-state index contributed by atoms with van der Waals surface area (Å²) in [5.74, 6) is 0. The molecule has 30 rings (SSSR count). The Morgan fingerprint density at radius 2 is 0.440 bits per heavy atom. The second-order valence-corrected chi connectivity index (χ2v) is 39.5. The van der Waals surface area contributed by atoms with Crippen LogP contribution < -0.4 is 0 Å². The van der Waals surface area contributed by atoms with E-state index in [2.05, 4.69) is 493 Å². The zero-order valence-electron chi connectivity index (χ0n) is 76.1. The van der Waals surface area contributed by atoms with Crippen LogP contribution in [0.4, 0.5) is 0 Å². The van der Waals surface area contributed by atoms with Gasteiger partial charge in [-0.25, -0.2) is 0 Å². The monoisotopic (exact) mass is 1850 g/mol. The van der Waals surface area contributed by atoms with Gasteiger partial charge >= 0.3 is 0 Å². The van der Waals surface area contributed by atoms with E-state index in [4.69, 9.17) is 13.3 Å². The third-order valence-electron chi connectivity index (χ3n) is 28.3. The lowest BCUT2D eigenvalue weighted by atomic mass is 9.95. The van der Waals surface area contributed by atoms with E-state index in [0.29, 0.717) is 0 Å². The maximum Gasteiger partial charge on any atom is 0.143 e. The maximum atomic E-state index is 6.52. The Kier molecular flexibility index (Phi) is 19.5. The lowest BCUT2D eigenvalue weighted by molar-refractivity contribution is 0.669. The van der Waals surface area contributed by atoms with Crippen molar-refractivity contribution in [2.45, 2.75) is 0 Å². The van der Waals surface area contributed by atoms with Gasteiger partial charge in [-0.1, -0.05) is 358 Å². The largest absolute Gasteiger partial charge is 0.456 e. The van der Waals surface area contributed by atoms with Gasteiger partial charge in [0.25, 0.3) is 0 Å². The van der Waals surface area contributed by atoms with Crippen molar-refractivity contribution >= 4 is 193 Å². The number of benzene rings is 21. The van der Waals surface area contributed by atoms with Crippen LogP contribution in [0.3, 0.4) is 0 Å². The fraction of sp³-hybridized carbons (Fsp3) is 0. The second-order valence-electron chi connectivity index (χ2n) is 36.3.